The highest BCUT2D eigenvalue weighted by molar-refractivity contribution is 5.74. The number of carbonyl (C=O) groups is 1. The first-order valence-electron chi connectivity index (χ1n) is 7.91. The molecule has 0 unspecified atom stereocenters. The number of aryl methyl sites for hydroxylation is 2. The summed E-state index contributed by atoms with van der Waals surface area (Å²) in [7, 11) is 0. The van der Waals surface area contributed by atoms with Gasteiger partial charge in [-0.1, -0.05) is 18.2 Å². The number of hydrogen-bond acceptors (Lipinski definition) is 3. The largest absolute Gasteiger partial charge is 0.491 e. The van der Waals surface area contributed by atoms with E-state index in [-0.39, 0.29) is 18.2 Å². The van der Waals surface area contributed by atoms with Crippen LogP contribution in [0.1, 0.15) is 30.9 Å². The van der Waals surface area contributed by atoms with Crippen LogP contribution >= 0.6 is 0 Å². The van der Waals surface area contributed by atoms with Gasteiger partial charge in [0.05, 0.1) is 12.6 Å². The molecule has 2 amide bonds. The number of benzene rings is 1. The Morgan fingerprint density at radius 3 is 2.77 bits per heavy atom. The van der Waals surface area contributed by atoms with Gasteiger partial charge in [0.25, 0.3) is 0 Å². The molecule has 0 bridgehead atoms. The molecule has 1 aliphatic heterocycles. The molecule has 2 atom stereocenters. The average molecular weight is 306 g/mol. The lowest BCUT2D eigenvalue weighted by Crippen LogP contribution is -2.46. The lowest BCUT2D eigenvalue weighted by Gasteiger charge is -2.27. The van der Waals surface area contributed by atoms with Crippen LogP contribution in [0.25, 0.3) is 0 Å². The van der Waals surface area contributed by atoms with Crippen molar-refractivity contribution in [2.24, 2.45) is 0 Å². The predicted octanol–water partition coefficient (Wildman–Crippen LogP) is 2.55. The van der Waals surface area contributed by atoms with Gasteiger partial charge in [0.2, 0.25) is 0 Å². The average Bonchev–Trinajstić information content (AvgIpc) is 2.46. The number of carbonyl (C=O) groups excluding carboxylic acids is 1. The van der Waals surface area contributed by atoms with Gasteiger partial charge in [-0.2, -0.15) is 0 Å². The van der Waals surface area contributed by atoms with Crippen LogP contribution < -0.4 is 15.4 Å². The van der Waals surface area contributed by atoms with Crippen molar-refractivity contribution in [1.82, 2.24) is 10.6 Å². The number of ether oxygens (including phenoxy) is 2. The summed E-state index contributed by atoms with van der Waals surface area (Å²) in [6, 6.07) is 6.12. The van der Waals surface area contributed by atoms with Crippen molar-refractivity contribution in [2.45, 2.75) is 45.8 Å². The topological polar surface area (TPSA) is 59.6 Å². The Balaban J connectivity index is 1.67. The predicted molar refractivity (Wildman–Crippen MR) is 86.4 cm³/mol. The molecule has 0 saturated carbocycles. The van der Waals surface area contributed by atoms with Crippen LogP contribution in [0.5, 0.6) is 5.75 Å². The maximum absolute atomic E-state index is 11.8. The molecule has 0 spiro atoms. The monoisotopic (exact) mass is 306 g/mol. The molecule has 0 aromatic heterocycles. The maximum atomic E-state index is 11.8. The van der Waals surface area contributed by atoms with Crippen molar-refractivity contribution in [2.75, 3.05) is 19.8 Å². The second-order valence-electron chi connectivity index (χ2n) is 5.87. The van der Waals surface area contributed by atoms with Crippen LogP contribution in [0, 0.1) is 13.8 Å². The normalized spacial score (nSPS) is 21.2. The van der Waals surface area contributed by atoms with Crippen molar-refractivity contribution in [3.8, 4) is 5.75 Å². The third-order valence-corrected chi connectivity index (χ3v) is 3.86. The lowest BCUT2D eigenvalue weighted by atomic mass is 10.0. The fourth-order valence-electron chi connectivity index (χ4n) is 2.71. The SMILES string of the molecule is Cc1cccc(C)c1OCCNC(=O)N[C@H]1CCO[C@H](C)C1. The zero-order valence-corrected chi connectivity index (χ0v) is 13.6. The molecule has 1 aromatic carbocycles. The Morgan fingerprint density at radius 2 is 2.09 bits per heavy atom. The number of urea groups is 1. The van der Waals surface area contributed by atoms with Crippen molar-refractivity contribution in [1.29, 1.82) is 0 Å². The summed E-state index contributed by atoms with van der Waals surface area (Å²) in [6.07, 6.45) is 1.95. The Labute approximate surface area is 132 Å². The molecule has 0 aliphatic carbocycles. The van der Waals surface area contributed by atoms with E-state index in [0.717, 1.165) is 29.7 Å². The van der Waals surface area contributed by atoms with E-state index in [1.165, 1.54) is 0 Å². The quantitative estimate of drug-likeness (QED) is 0.822. The third-order valence-electron chi connectivity index (χ3n) is 3.86. The summed E-state index contributed by atoms with van der Waals surface area (Å²) in [5.41, 5.74) is 2.22. The molecule has 1 aliphatic rings. The number of amides is 2. The first-order chi connectivity index (χ1) is 10.6. The number of rotatable bonds is 5. The Bertz CT molecular complexity index is 484. The van der Waals surface area contributed by atoms with Gasteiger partial charge in [-0.25, -0.2) is 4.79 Å². The standard InChI is InChI=1S/C17H26N2O3/c1-12-5-4-6-13(2)16(12)22-10-8-18-17(20)19-15-7-9-21-14(3)11-15/h4-6,14-15H,7-11H2,1-3H3,(H2,18,19,20)/t14-,15+/m1/s1. The van der Waals surface area contributed by atoms with Gasteiger partial charge in [0, 0.05) is 12.6 Å². The van der Waals surface area contributed by atoms with Gasteiger partial charge >= 0.3 is 6.03 Å². The minimum absolute atomic E-state index is 0.135. The molecule has 5 heteroatoms. The van der Waals surface area contributed by atoms with Crippen LogP contribution in [-0.4, -0.2) is 37.9 Å². The van der Waals surface area contributed by atoms with Gasteiger partial charge in [-0.3, -0.25) is 0 Å². The van der Waals surface area contributed by atoms with E-state index in [2.05, 4.69) is 10.6 Å². The molecule has 1 aromatic rings. The van der Waals surface area contributed by atoms with E-state index in [0.29, 0.717) is 19.8 Å². The molecule has 0 radical (unpaired) electrons. The zero-order chi connectivity index (χ0) is 15.9. The molecule has 1 saturated heterocycles. The van der Waals surface area contributed by atoms with Crippen molar-refractivity contribution < 1.29 is 14.3 Å². The molecule has 1 heterocycles. The summed E-state index contributed by atoms with van der Waals surface area (Å²) in [5, 5.41) is 5.82. The van der Waals surface area contributed by atoms with Gasteiger partial charge < -0.3 is 20.1 Å². The van der Waals surface area contributed by atoms with Gasteiger partial charge in [0.1, 0.15) is 12.4 Å². The summed E-state index contributed by atoms with van der Waals surface area (Å²) in [6.45, 7) is 7.73. The minimum atomic E-state index is -0.135. The number of nitrogens with one attached hydrogen (secondary N) is 2. The second-order valence-corrected chi connectivity index (χ2v) is 5.87. The lowest BCUT2D eigenvalue weighted by molar-refractivity contribution is 0.0154. The van der Waals surface area contributed by atoms with Gasteiger partial charge in [-0.05, 0) is 44.7 Å². The molecular weight excluding hydrogens is 280 g/mol. The smallest absolute Gasteiger partial charge is 0.315 e. The summed E-state index contributed by atoms with van der Waals surface area (Å²) < 4.78 is 11.2. The molecule has 2 rings (SSSR count). The van der Waals surface area contributed by atoms with Crippen molar-refractivity contribution in [3.05, 3.63) is 29.3 Å². The first-order valence-corrected chi connectivity index (χ1v) is 7.91. The highest BCUT2D eigenvalue weighted by atomic mass is 16.5. The first kappa shape index (κ1) is 16.6. The fraction of sp³-hybridized carbons (Fsp3) is 0.588. The zero-order valence-electron chi connectivity index (χ0n) is 13.6. The van der Waals surface area contributed by atoms with Crippen LogP contribution in [-0.2, 0) is 4.74 Å². The van der Waals surface area contributed by atoms with Crippen LogP contribution in [0.15, 0.2) is 18.2 Å². The van der Waals surface area contributed by atoms with Crippen molar-refractivity contribution >= 4 is 6.03 Å². The Hall–Kier alpha value is -1.75. The highest BCUT2D eigenvalue weighted by Crippen LogP contribution is 2.21. The molecule has 2 N–H and O–H groups in total. The fourth-order valence-corrected chi connectivity index (χ4v) is 2.71. The van der Waals surface area contributed by atoms with E-state index < -0.39 is 0 Å². The second kappa shape index (κ2) is 8.03. The molecule has 22 heavy (non-hydrogen) atoms. The molecule has 122 valence electrons. The number of para-hydroxylation sites is 1. The molecular formula is C17H26N2O3. The van der Waals surface area contributed by atoms with Crippen molar-refractivity contribution in [3.63, 3.8) is 0 Å². The Morgan fingerprint density at radius 1 is 1.36 bits per heavy atom. The number of hydrogen-bond donors (Lipinski definition) is 2. The summed E-state index contributed by atoms with van der Waals surface area (Å²) in [4.78, 5) is 11.8. The van der Waals surface area contributed by atoms with E-state index >= 15 is 0 Å². The summed E-state index contributed by atoms with van der Waals surface area (Å²) >= 11 is 0. The van der Waals surface area contributed by atoms with Crippen LogP contribution in [0.3, 0.4) is 0 Å². The van der Waals surface area contributed by atoms with Crippen LogP contribution in [0.2, 0.25) is 0 Å². The molecule has 5 nitrogen and oxygen atoms in total. The Kier molecular flexibility index (Phi) is 6.07. The van der Waals surface area contributed by atoms with E-state index in [4.69, 9.17) is 9.47 Å². The van der Waals surface area contributed by atoms with E-state index in [9.17, 15) is 4.79 Å². The van der Waals surface area contributed by atoms with Crippen LogP contribution in [0.4, 0.5) is 4.79 Å². The maximum Gasteiger partial charge on any atom is 0.315 e. The third kappa shape index (κ3) is 4.91. The van der Waals surface area contributed by atoms with E-state index in [1.807, 2.05) is 39.0 Å². The molecule has 1 fully saturated rings. The minimum Gasteiger partial charge on any atom is -0.491 e. The van der Waals surface area contributed by atoms with Gasteiger partial charge in [0.15, 0.2) is 0 Å². The highest BCUT2D eigenvalue weighted by Gasteiger charge is 2.20. The van der Waals surface area contributed by atoms with Gasteiger partial charge in [-0.15, -0.1) is 0 Å². The summed E-state index contributed by atoms with van der Waals surface area (Å²) in [5.74, 6) is 0.906. The van der Waals surface area contributed by atoms with E-state index in [1.54, 1.807) is 0 Å².